The lowest BCUT2D eigenvalue weighted by Crippen LogP contribution is -2.34. The fourth-order valence-electron chi connectivity index (χ4n) is 2.86. The summed E-state index contributed by atoms with van der Waals surface area (Å²) < 4.78 is 19.7. The third-order valence-corrected chi connectivity index (χ3v) is 4.71. The standard InChI is InChI=1S/C17H18Cl2FN3O3/c1-9(20)5-6-11-10(2)15-12(8-14(18)22-23(15)16(11)19)21-17(24,25)13-4-3-7-26-13/h3-4,7-9,21,24-25H,5-6H2,1-2H3. The predicted molar refractivity (Wildman–Crippen MR) is 97.3 cm³/mol. The lowest BCUT2D eigenvalue weighted by atomic mass is 10.1. The Morgan fingerprint density at radius 3 is 2.77 bits per heavy atom. The Labute approximate surface area is 159 Å². The number of aromatic nitrogens is 2. The second kappa shape index (κ2) is 7.08. The van der Waals surface area contributed by atoms with Crippen molar-refractivity contribution in [2.75, 3.05) is 5.32 Å². The molecule has 3 aromatic heterocycles. The van der Waals surface area contributed by atoms with Crippen molar-refractivity contribution in [3.05, 3.63) is 51.7 Å². The van der Waals surface area contributed by atoms with E-state index in [9.17, 15) is 14.6 Å². The van der Waals surface area contributed by atoms with Crippen LogP contribution < -0.4 is 5.32 Å². The molecule has 0 aliphatic carbocycles. The van der Waals surface area contributed by atoms with Crippen molar-refractivity contribution in [3.63, 3.8) is 0 Å². The maximum absolute atomic E-state index is 13.3. The fourth-order valence-corrected chi connectivity index (χ4v) is 3.40. The fraction of sp³-hybridized carbons (Fsp3) is 0.353. The third-order valence-electron chi connectivity index (χ3n) is 4.13. The highest BCUT2D eigenvalue weighted by Crippen LogP contribution is 2.35. The number of anilines is 1. The number of aryl methyl sites for hydroxylation is 1. The van der Waals surface area contributed by atoms with Crippen LogP contribution in [0, 0.1) is 6.92 Å². The van der Waals surface area contributed by atoms with Crippen LogP contribution in [0.5, 0.6) is 0 Å². The average Bonchev–Trinajstić information content (AvgIpc) is 3.15. The maximum Gasteiger partial charge on any atom is 0.306 e. The topological polar surface area (TPSA) is 82.9 Å². The van der Waals surface area contributed by atoms with E-state index in [1.807, 2.05) is 6.92 Å². The van der Waals surface area contributed by atoms with Gasteiger partial charge in [-0.05, 0) is 49.9 Å². The van der Waals surface area contributed by atoms with Gasteiger partial charge in [-0.25, -0.2) is 8.91 Å². The van der Waals surface area contributed by atoms with Gasteiger partial charge in [0.25, 0.3) is 0 Å². The van der Waals surface area contributed by atoms with Gasteiger partial charge in [0.05, 0.1) is 23.6 Å². The summed E-state index contributed by atoms with van der Waals surface area (Å²) in [5, 5.41) is 27.8. The molecule has 1 atom stereocenters. The van der Waals surface area contributed by atoms with E-state index in [4.69, 9.17) is 27.6 Å². The summed E-state index contributed by atoms with van der Waals surface area (Å²) in [6, 6.07) is 4.40. The molecule has 140 valence electrons. The van der Waals surface area contributed by atoms with E-state index in [0.717, 1.165) is 11.1 Å². The van der Waals surface area contributed by atoms with Gasteiger partial charge in [0.15, 0.2) is 10.9 Å². The van der Waals surface area contributed by atoms with Crippen LogP contribution in [-0.2, 0) is 12.3 Å². The Morgan fingerprint density at radius 1 is 1.42 bits per heavy atom. The number of aliphatic hydroxyl groups is 2. The molecule has 3 N–H and O–H groups in total. The van der Waals surface area contributed by atoms with Crippen LogP contribution in [-0.4, -0.2) is 26.0 Å². The monoisotopic (exact) mass is 401 g/mol. The van der Waals surface area contributed by atoms with Crippen LogP contribution in [0.3, 0.4) is 0 Å². The van der Waals surface area contributed by atoms with E-state index >= 15 is 0 Å². The quantitative estimate of drug-likeness (QED) is 0.542. The first-order valence-electron chi connectivity index (χ1n) is 7.98. The van der Waals surface area contributed by atoms with Crippen LogP contribution in [0.25, 0.3) is 5.52 Å². The van der Waals surface area contributed by atoms with Crippen molar-refractivity contribution in [1.82, 2.24) is 9.61 Å². The molecule has 1 unspecified atom stereocenters. The number of rotatable bonds is 6. The van der Waals surface area contributed by atoms with Gasteiger partial charge in [0.2, 0.25) is 0 Å². The van der Waals surface area contributed by atoms with Gasteiger partial charge < -0.3 is 19.9 Å². The normalized spacial score (nSPS) is 13.3. The van der Waals surface area contributed by atoms with Crippen molar-refractivity contribution in [3.8, 4) is 0 Å². The highest BCUT2D eigenvalue weighted by atomic mass is 35.5. The largest absolute Gasteiger partial charge is 0.461 e. The molecule has 6 nitrogen and oxygen atoms in total. The van der Waals surface area contributed by atoms with Crippen molar-refractivity contribution >= 4 is 34.4 Å². The molecule has 0 aromatic carbocycles. The van der Waals surface area contributed by atoms with Crippen molar-refractivity contribution < 1.29 is 19.0 Å². The number of hydrogen-bond donors (Lipinski definition) is 3. The Hall–Kier alpha value is -1.80. The van der Waals surface area contributed by atoms with Crippen LogP contribution in [0.1, 0.15) is 30.2 Å². The minimum Gasteiger partial charge on any atom is -0.461 e. The minimum atomic E-state index is -2.47. The lowest BCUT2D eigenvalue weighted by molar-refractivity contribution is -0.157. The molecule has 9 heteroatoms. The van der Waals surface area contributed by atoms with E-state index in [0.29, 0.717) is 29.2 Å². The summed E-state index contributed by atoms with van der Waals surface area (Å²) in [6.07, 6.45) is 1.08. The number of fused-ring (bicyclic) bond motifs is 1. The average molecular weight is 402 g/mol. The molecule has 0 saturated heterocycles. The predicted octanol–water partition coefficient (Wildman–Crippen LogP) is 4.04. The summed E-state index contributed by atoms with van der Waals surface area (Å²) in [5.41, 5.74) is 2.29. The Balaban J connectivity index is 2.09. The van der Waals surface area contributed by atoms with Gasteiger partial charge in [0.1, 0.15) is 5.15 Å². The number of hydrogen-bond acceptors (Lipinski definition) is 5. The molecule has 3 rings (SSSR count). The Bertz CT molecular complexity index is 923. The highest BCUT2D eigenvalue weighted by Gasteiger charge is 2.31. The molecule has 26 heavy (non-hydrogen) atoms. The first kappa shape index (κ1) is 19.0. The van der Waals surface area contributed by atoms with Gasteiger partial charge in [-0.15, -0.1) is 0 Å². The smallest absolute Gasteiger partial charge is 0.306 e. The van der Waals surface area contributed by atoms with E-state index in [1.165, 1.54) is 35.9 Å². The molecule has 0 aliphatic rings. The summed E-state index contributed by atoms with van der Waals surface area (Å²) in [5.74, 6) is -2.56. The van der Waals surface area contributed by atoms with E-state index in [1.54, 1.807) is 0 Å². The first-order chi connectivity index (χ1) is 12.2. The molecule has 3 aromatic rings. The van der Waals surface area contributed by atoms with Gasteiger partial charge in [0, 0.05) is 6.07 Å². The second-order valence-corrected chi connectivity index (χ2v) is 6.87. The second-order valence-electron chi connectivity index (χ2n) is 6.13. The Morgan fingerprint density at radius 2 is 2.15 bits per heavy atom. The number of halogens is 3. The molecule has 0 spiro atoms. The molecule has 3 heterocycles. The number of furan rings is 1. The summed E-state index contributed by atoms with van der Waals surface area (Å²) in [6.45, 7) is 3.29. The molecule has 0 fully saturated rings. The van der Waals surface area contributed by atoms with Gasteiger partial charge in [-0.3, -0.25) is 0 Å². The first-order valence-corrected chi connectivity index (χ1v) is 8.73. The number of alkyl halides is 1. The van der Waals surface area contributed by atoms with E-state index < -0.39 is 12.1 Å². The minimum absolute atomic E-state index is 0.0923. The maximum atomic E-state index is 13.3. The van der Waals surface area contributed by atoms with Gasteiger partial charge in [-0.2, -0.15) is 5.10 Å². The van der Waals surface area contributed by atoms with Gasteiger partial charge >= 0.3 is 5.91 Å². The molecule has 0 radical (unpaired) electrons. The SMILES string of the molecule is Cc1c(CCC(C)F)c(Cl)n2nc(Cl)cc(NC(O)(O)c3ccco3)c12. The van der Waals surface area contributed by atoms with Crippen molar-refractivity contribution in [1.29, 1.82) is 0 Å². The van der Waals surface area contributed by atoms with Crippen LogP contribution >= 0.6 is 23.2 Å². The molecule has 0 bridgehead atoms. The summed E-state index contributed by atoms with van der Waals surface area (Å²) >= 11 is 12.5. The Kier molecular flexibility index (Phi) is 5.16. The lowest BCUT2D eigenvalue weighted by Gasteiger charge is -2.22. The van der Waals surface area contributed by atoms with Crippen LogP contribution in [0.15, 0.2) is 28.9 Å². The summed E-state index contributed by atoms with van der Waals surface area (Å²) in [4.78, 5) is 0. The number of nitrogens with zero attached hydrogens (tertiary/aromatic N) is 2. The highest BCUT2D eigenvalue weighted by molar-refractivity contribution is 6.32. The van der Waals surface area contributed by atoms with Gasteiger partial charge in [-0.1, -0.05) is 23.2 Å². The molecular formula is C17H18Cl2FN3O3. The molecule has 0 saturated carbocycles. The third kappa shape index (κ3) is 3.53. The zero-order valence-electron chi connectivity index (χ0n) is 14.1. The van der Waals surface area contributed by atoms with Crippen molar-refractivity contribution in [2.45, 2.75) is 38.8 Å². The van der Waals surface area contributed by atoms with E-state index in [2.05, 4.69) is 10.4 Å². The molecular weight excluding hydrogens is 384 g/mol. The van der Waals surface area contributed by atoms with Crippen LogP contribution in [0.4, 0.5) is 10.1 Å². The zero-order valence-corrected chi connectivity index (χ0v) is 15.6. The van der Waals surface area contributed by atoms with E-state index in [-0.39, 0.29) is 10.9 Å². The zero-order chi connectivity index (χ0) is 19.1. The van der Waals surface area contributed by atoms with Crippen molar-refractivity contribution in [2.24, 2.45) is 0 Å². The summed E-state index contributed by atoms with van der Waals surface area (Å²) in [7, 11) is 0. The molecule has 0 amide bonds. The molecule has 0 aliphatic heterocycles. The van der Waals surface area contributed by atoms with Crippen LogP contribution in [0.2, 0.25) is 10.3 Å². The number of nitrogens with one attached hydrogen (secondary N) is 1.